The highest BCUT2D eigenvalue weighted by Crippen LogP contribution is 2.43. The van der Waals surface area contributed by atoms with Crippen molar-refractivity contribution in [3.63, 3.8) is 0 Å². The molecule has 1 saturated heterocycles. The van der Waals surface area contributed by atoms with Crippen molar-refractivity contribution < 1.29 is 28.5 Å². The van der Waals surface area contributed by atoms with Crippen LogP contribution in [0.5, 0.6) is 23.0 Å². The SMILES string of the molecule is COc1ccc(N2C(=O)CC[C@H](C(=O)NCc3ccc4c(c3)OCO4)[C@H]2c2ccccc2OC)cc1. The molecule has 0 aliphatic carbocycles. The van der Waals surface area contributed by atoms with Gasteiger partial charge >= 0.3 is 0 Å². The predicted octanol–water partition coefficient (Wildman–Crippen LogP) is 4.23. The van der Waals surface area contributed by atoms with Gasteiger partial charge in [0.15, 0.2) is 11.5 Å². The zero-order chi connectivity index (χ0) is 25.1. The van der Waals surface area contributed by atoms with Gasteiger partial charge in [-0.1, -0.05) is 24.3 Å². The fraction of sp³-hybridized carbons (Fsp3) is 0.286. The number of rotatable bonds is 7. The summed E-state index contributed by atoms with van der Waals surface area (Å²) in [7, 11) is 3.19. The number of fused-ring (bicyclic) bond motifs is 1. The van der Waals surface area contributed by atoms with Gasteiger partial charge in [0.25, 0.3) is 0 Å². The third-order valence-electron chi connectivity index (χ3n) is 6.65. The van der Waals surface area contributed by atoms with Crippen LogP contribution in [-0.2, 0) is 16.1 Å². The van der Waals surface area contributed by atoms with Crippen molar-refractivity contribution >= 4 is 17.5 Å². The van der Waals surface area contributed by atoms with E-state index in [-0.39, 0.29) is 25.0 Å². The molecule has 8 heteroatoms. The maximum atomic E-state index is 13.6. The van der Waals surface area contributed by atoms with Crippen LogP contribution in [0.25, 0.3) is 0 Å². The highest BCUT2D eigenvalue weighted by molar-refractivity contribution is 5.97. The van der Waals surface area contributed by atoms with E-state index < -0.39 is 12.0 Å². The number of amides is 2. The number of ether oxygens (including phenoxy) is 4. The van der Waals surface area contributed by atoms with Crippen molar-refractivity contribution in [3.05, 3.63) is 77.9 Å². The maximum Gasteiger partial charge on any atom is 0.231 e. The summed E-state index contributed by atoms with van der Waals surface area (Å²) < 4.78 is 21.8. The Morgan fingerprint density at radius 2 is 1.78 bits per heavy atom. The molecule has 2 atom stereocenters. The number of benzene rings is 3. The summed E-state index contributed by atoms with van der Waals surface area (Å²) in [6.45, 7) is 0.532. The van der Waals surface area contributed by atoms with Crippen LogP contribution >= 0.6 is 0 Å². The first-order chi connectivity index (χ1) is 17.6. The standard InChI is InChI=1S/C28H28N2O6/c1-33-20-10-8-19(9-11-20)30-26(31)14-12-22(27(30)21-5-3-4-6-23(21)34-2)28(32)29-16-18-7-13-24-25(15-18)36-17-35-24/h3-11,13,15,22,27H,12,14,16-17H2,1-2H3,(H,29,32)/t22-,27+/m0/s1. The number of para-hydroxylation sites is 1. The number of carbonyl (C=O) groups excluding carboxylic acids is 2. The number of methoxy groups -OCH3 is 2. The molecular formula is C28H28N2O6. The lowest BCUT2D eigenvalue weighted by Crippen LogP contribution is -2.48. The number of nitrogens with one attached hydrogen (secondary N) is 1. The number of hydrogen-bond acceptors (Lipinski definition) is 6. The topological polar surface area (TPSA) is 86.3 Å². The molecule has 0 bridgehead atoms. The Balaban J connectivity index is 1.46. The molecule has 3 aromatic carbocycles. The van der Waals surface area contributed by atoms with Gasteiger partial charge in [-0.05, 0) is 54.4 Å². The van der Waals surface area contributed by atoms with E-state index in [0.29, 0.717) is 41.7 Å². The van der Waals surface area contributed by atoms with Gasteiger partial charge in [0.1, 0.15) is 11.5 Å². The van der Waals surface area contributed by atoms with Gasteiger partial charge in [-0.15, -0.1) is 0 Å². The summed E-state index contributed by atoms with van der Waals surface area (Å²) >= 11 is 0. The largest absolute Gasteiger partial charge is 0.497 e. The Morgan fingerprint density at radius 3 is 2.56 bits per heavy atom. The van der Waals surface area contributed by atoms with Crippen molar-refractivity contribution in [3.8, 4) is 23.0 Å². The van der Waals surface area contributed by atoms with E-state index in [1.165, 1.54) is 0 Å². The lowest BCUT2D eigenvalue weighted by molar-refractivity contribution is -0.129. The molecular weight excluding hydrogens is 460 g/mol. The summed E-state index contributed by atoms with van der Waals surface area (Å²) in [6, 6.07) is 19.9. The van der Waals surface area contributed by atoms with Gasteiger partial charge in [0, 0.05) is 24.2 Å². The Labute approximate surface area is 209 Å². The Kier molecular flexibility index (Phi) is 6.66. The molecule has 36 heavy (non-hydrogen) atoms. The van der Waals surface area contributed by atoms with Crippen LogP contribution in [0.4, 0.5) is 5.69 Å². The molecule has 2 heterocycles. The van der Waals surface area contributed by atoms with Crippen LogP contribution in [-0.4, -0.2) is 32.8 Å². The van der Waals surface area contributed by atoms with Gasteiger partial charge in [-0.2, -0.15) is 0 Å². The van der Waals surface area contributed by atoms with Gasteiger partial charge in [0.2, 0.25) is 18.6 Å². The molecule has 0 saturated carbocycles. The predicted molar refractivity (Wildman–Crippen MR) is 133 cm³/mol. The van der Waals surface area contributed by atoms with E-state index in [4.69, 9.17) is 18.9 Å². The van der Waals surface area contributed by atoms with E-state index in [1.54, 1.807) is 19.1 Å². The molecule has 2 amide bonds. The summed E-state index contributed by atoms with van der Waals surface area (Å²) in [5.41, 5.74) is 2.39. The summed E-state index contributed by atoms with van der Waals surface area (Å²) in [6.07, 6.45) is 0.695. The number of anilines is 1. The Hall–Kier alpha value is -4.20. The monoisotopic (exact) mass is 488 g/mol. The third-order valence-corrected chi connectivity index (χ3v) is 6.65. The van der Waals surface area contributed by atoms with E-state index in [2.05, 4.69) is 5.32 Å². The Morgan fingerprint density at radius 1 is 1.00 bits per heavy atom. The molecule has 186 valence electrons. The zero-order valence-corrected chi connectivity index (χ0v) is 20.2. The van der Waals surface area contributed by atoms with E-state index in [9.17, 15) is 9.59 Å². The maximum absolute atomic E-state index is 13.6. The minimum Gasteiger partial charge on any atom is -0.497 e. The third kappa shape index (κ3) is 4.54. The number of hydrogen-bond donors (Lipinski definition) is 1. The Bertz CT molecular complexity index is 1260. The summed E-state index contributed by atoms with van der Waals surface area (Å²) in [5, 5.41) is 3.07. The molecule has 5 rings (SSSR count). The van der Waals surface area contributed by atoms with Crippen LogP contribution in [0, 0.1) is 5.92 Å². The fourth-order valence-corrected chi connectivity index (χ4v) is 4.85. The van der Waals surface area contributed by atoms with Crippen LogP contribution < -0.4 is 29.2 Å². The van der Waals surface area contributed by atoms with Crippen LogP contribution in [0.3, 0.4) is 0 Å². The second kappa shape index (κ2) is 10.2. The average Bonchev–Trinajstić information content (AvgIpc) is 3.39. The lowest BCUT2D eigenvalue weighted by Gasteiger charge is -2.41. The van der Waals surface area contributed by atoms with Crippen LogP contribution in [0.1, 0.15) is 30.0 Å². The minimum atomic E-state index is -0.535. The number of carbonyl (C=O) groups is 2. The number of piperidine rings is 1. The first-order valence-corrected chi connectivity index (χ1v) is 11.8. The lowest BCUT2D eigenvalue weighted by atomic mass is 9.82. The molecule has 1 fully saturated rings. The van der Waals surface area contributed by atoms with Crippen LogP contribution in [0.2, 0.25) is 0 Å². The van der Waals surface area contributed by atoms with Crippen molar-refractivity contribution in [2.24, 2.45) is 5.92 Å². The summed E-state index contributed by atoms with van der Waals surface area (Å²) in [4.78, 5) is 28.6. The smallest absolute Gasteiger partial charge is 0.231 e. The molecule has 3 aromatic rings. The quantitative estimate of drug-likeness (QED) is 0.536. The van der Waals surface area contributed by atoms with E-state index in [1.807, 2.05) is 66.7 Å². The molecule has 2 aliphatic heterocycles. The van der Waals surface area contributed by atoms with Crippen molar-refractivity contribution in [2.45, 2.75) is 25.4 Å². The summed E-state index contributed by atoms with van der Waals surface area (Å²) in [5.74, 6) is 2.03. The van der Waals surface area contributed by atoms with Crippen LogP contribution in [0.15, 0.2) is 66.7 Å². The zero-order valence-electron chi connectivity index (χ0n) is 20.2. The normalized spacial score (nSPS) is 18.6. The highest BCUT2D eigenvalue weighted by atomic mass is 16.7. The second-order valence-corrected chi connectivity index (χ2v) is 8.70. The van der Waals surface area contributed by atoms with Crippen molar-refractivity contribution in [2.75, 3.05) is 25.9 Å². The molecule has 0 aromatic heterocycles. The molecule has 2 aliphatic rings. The molecule has 0 radical (unpaired) electrons. The highest BCUT2D eigenvalue weighted by Gasteiger charge is 2.42. The van der Waals surface area contributed by atoms with Gasteiger partial charge in [-0.3, -0.25) is 9.59 Å². The first kappa shape index (κ1) is 23.5. The minimum absolute atomic E-state index is 0.0455. The molecule has 8 nitrogen and oxygen atoms in total. The second-order valence-electron chi connectivity index (χ2n) is 8.70. The fourth-order valence-electron chi connectivity index (χ4n) is 4.85. The van der Waals surface area contributed by atoms with Gasteiger partial charge in [-0.25, -0.2) is 0 Å². The van der Waals surface area contributed by atoms with Crippen molar-refractivity contribution in [1.82, 2.24) is 5.32 Å². The van der Waals surface area contributed by atoms with Gasteiger partial charge in [0.05, 0.1) is 26.2 Å². The average molecular weight is 489 g/mol. The van der Waals surface area contributed by atoms with Crippen molar-refractivity contribution in [1.29, 1.82) is 0 Å². The molecule has 0 spiro atoms. The van der Waals surface area contributed by atoms with Gasteiger partial charge < -0.3 is 29.2 Å². The first-order valence-electron chi connectivity index (χ1n) is 11.8. The van der Waals surface area contributed by atoms with E-state index in [0.717, 1.165) is 11.1 Å². The molecule has 1 N–H and O–H groups in total. The number of nitrogens with zero attached hydrogens (tertiary/aromatic N) is 1. The molecule has 0 unspecified atom stereocenters. The van der Waals surface area contributed by atoms with E-state index >= 15 is 0 Å².